The second-order valence-electron chi connectivity index (χ2n) is 5.43. The van der Waals surface area contributed by atoms with Crippen molar-refractivity contribution in [1.82, 2.24) is 4.98 Å². The van der Waals surface area contributed by atoms with Crippen molar-refractivity contribution in [2.45, 2.75) is 13.8 Å². The molecule has 7 nitrogen and oxygen atoms in total. The van der Waals surface area contributed by atoms with E-state index in [9.17, 15) is 9.59 Å². The highest BCUT2D eigenvalue weighted by Gasteiger charge is 2.15. The van der Waals surface area contributed by atoms with E-state index in [1.165, 1.54) is 12.1 Å². The number of anilines is 1. The number of aryl methyl sites for hydroxylation is 2. The molecule has 1 amide bonds. The summed E-state index contributed by atoms with van der Waals surface area (Å²) >= 11 is 0. The van der Waals surface area contributed by atoms with E-state index in [0.29, 0.717) is 24.7 Å². The van der Waals surface area contributed by atoms with Gasteiger partial charge in [0, 0.05) is 7.11 Å². The van der Waals surface area contributed by atoms with Crippen LogP contribution in [0.4, 0.5) is 5.69 Å². The zero-order valence-corrected chi connectivity index (χ0v) is 14.3. The van der Waals surface area contributed by atoms with E-state index in [-0.39, 0.29) is 17.0 Å². The van der Waals surface area contributed by atoms with Crippen molar-refractivity contribution < 1.29 is 24.2 Å². The summed E-state index contributed by atoms with van der Waals surface area (Å²) in [5.41, 5.74) is 1.97. The lowest BCUT2D eigenvalue weighted by atomic mass is 10.1. The third kappa shape index (κ3) is 4.77. The number of nitrogens with zero attached hydrogens (tertiary/aromatic N) is 1. The third-order valence-electron chi connectivity index (χ3n) is 3.48. The number of hydrogen-bond donors (Lipinski definition) is 2. The van der Waals surface area contributed by atoms with E-state index < -0.39 is 11.9 Å². The molecule has 2 rings (SSSR count). The first-order chi connectivity index (χ1) is 11.9. The van der Waals surface area contributed by atoms with Crippen LogP contribution in [0.2, 0.25) is 0 Å². The van der Waals surface area contributed by atoms with E-state index in [1.807, 2.05) is 19.1 Å². The second-order valence-corrected chi connectivity index (χ2v) is 5.43. The zero-order chi connectivity index (χ0) is 18.4. The number of amides is 1. The molecule has 0 aliphatic heterocycles. The molecular weight excluding hydrogens is 324 g/mol. The highest BCUT2D eigenvalue weighted by Crippen LogP contribution is 2.26. The highest BCUT2D eigenvalue weighted by molar-refractivity contribution is 6.04. The fourth-order valence-electron chi connectivity index (χ4n) is 2.19. The molecule has 7 heteroatoms. The number of carboxylic acids is 1. The summed E-state index contributed by atoms with van der Waals surface area (Å²) in [4.78, 5) is 27.5. The normalized spacial score (nSPS) is 10.4. The van der Waals surface area contributed by atoms with Crippen LogP contribution in [0.5, 0.6) is 5.75 Å². The molecule has 0 aliphatic rings. The van der Waals surface area contributed by atoms with Crippen molar-refractivity contribution in [1.29, 1.82) is 0 Å². The largest absolute Gasteiger partial charge is 0.489 e. The van der Waals surface area contributed by atoms with Gasteiger partial charge in [0.2, 0.25) is 0 Å². The van der Waals surface area contributed by atoms with Crippen molar-refractivity contribution in [2.24, 2.45) is 0 Å². The molecule has 2 aromatic rings. The van der Waals surface area contributed by atoms with Crippen LogP contribution < -0.4 is 10.1 Å². The Labute approximate surface area is 145 Å². The number of ether oxygens (including phenoxy) is 2. The number of aromatic carboxylic acids is 1. The van der Waals surface area contributed by atoms with Gasteiger partial charge in [-0.2, -0.15) is 0 Å². The number of rotatable bonds is 7. The van der Waals surface area contributed by atoms with Gasteiger partial charge in [-0.3, -0.25) is 4.79 Å². The van der Waals surface area contributed by atoms with Crippen LogP contribution in [0, 0.1) is 13.8 Å². The number of hydrogen-bond acceptors (Lipinski definition) is 5. The summed E-state index contributed by atoms with van der Waals surface area (Å²) in [7, 11) is 1.58. The maximum absolute atomic E-state index is 12.4. The van der Waals surface area contributed by atoms with E-state index in [2.05, 4.69) is 10.3 Å². The van der Waals surface area contributed by atoms with Gasteiger partial charge in [-0.25, -0.2) is 9.78 Å². The molecule has 1 aromatic heterocycles. The Morgan fingerprint density at radius 3 is 2.56 bits per heavy atom. The molecule has 0 saturated carbocycles. The lowest BCUT2D eigenvalue weighted by molar-refractivity contribution is 0.0695. The van der Waals surface area contributed by atoms with Gasteiger partial charge in [-0.1, -0.05) is 6.07 Å². The molecule has 25 heavy (non-hydrogen) atoms. The summed E-state index contributed by atoms with van der Waals surface area (Å²) in [6, 6.07) is 8.16. The first kappa shape index (κ1) is 18.4. The molecule has 1 aromatic carbocycles. The Morgan fingerprint density at radius 2 is 1.92 bits per heavy atom. The lowest BCUT2D eigenvalue weighted by Gasteiger charge is -2.13. The summed E-state index contributed by atoms with van der Waals surface area (Å²) in [6.45, 7) is 4.25. The Bertz CT molecular complexity index is 789. The average Bonchev–Trinajstić information content (AvgIpc) is 2.56. The van der Waals surface area contributed by atoms with Crippen LogP contribution in [-0.2, 0) is 4.74 Å². The minimum Gasteiger partial charge on any atom is -0.489 e. The molecule has 0 saturated heterocycles. The first-order valence-corrected chi connectivity index (χ1v) is 7.67. The number of carboxylic acid groups (broad SMARTS) is 1. The van der Waals surface area contributed by atoms with Crippen LogP contribution >= 0.6 is 0 Å². The van der Waals surface area contributed by atoms with Gasteiger partial charge in [0.15, 0.2) is 0 Å². The number of carbonyl (C=O) groups excluding carboxylic acids is 1. The fraction of sp³-hybridized carbons (Fsp3) is 0.278. The summed E-state index contributed by atoms with van der Waals surface area (Å²) in [5.74, 6) is -0.992. The SMILES string of the molecule is COCCOc1cc(C)ccc1NC(=O)c1ccc(C(=O)O)c(C)n1. The Balaban J connectivity index is 2.20. The quantitative estimate of drug-likeness (QED) is 0.750. The molecule has 0 aliphatic carbocycles. The van der Waals surface area contributed by atoms with E-state index in [1.54, 1.807) is 20.1 Å². The van der Waals surface area contributed by atoms with Crippen molar-refractivity contribution in [2.75, 3.05) is 25.6 Å². The minimum atomic E-state index is -1.08. The maximum Gasteiger partial charge on any atom is 0.337 e. The van der Waals surface area contributed by atoms with Crippen LogP contribution in [0.1, 0.15) is 32.1 Å². The number of nitrogens with one attached hydrogen (secondary N) is 1. The molecular formula is C18H20N2O5. The van der Waals surface area contributed by atoms with Gasteiger partial charge in [-0.05, 0) is 43.7 Å². The Kier molecular flexibility index (Phi) is 6.08. The second kappa shape index (κ2) is 8.25. The molecule has 0 atom stereocenters. The van der Waals surface area contributed by atoms with Crippen LogP contribution in [0.15, 0.2) is 30.3 Å². The number of methoxy groups -OCH3 is 1. The Morgan fingerprint density at radius 1 is 1.16 bits per heavy atom. The molecule has 0 radical (unpaired) electrons. The first-order valence-electron chi connectivity index (χ1n) is 7.67. The van der Waals surface area contributed by atoms with Crippen LogP contribution in [0.25, 0.3) is 0 Å². The van der Waals surface area contributed by atoms with Gasteiger partial charge in [0.25, 0.3) is 5.91 Å². The minimum absolute atomic E-state index is 0.0653. The smallest absolute Gasteiger partial charge is 0.337 e. The number of carbonyl (C=O) groups is 2. The van der Waals surface area contributed by atoms with Crippen LogP contribution in [0.3, 0.4) is 0 Å². The third-order valence-corrected chi connectivity index (χ3v) is 3.48. The van der Waals surface area contributed by atoms with Crippen molar-refractivity contribution in [3.8, 4) is 5.75 Å². The maximum atomic E-state index is 12.4. The zero-order valence-electron chi connectivity index (χ0n) is 14.3. The van der Waals surface area contributed by atoms with Crippen molar-refractivity contribution >= 4 is 17.6 Å². The molecule has 0 spiro atoms. The number of aromatic nitrogens is 1. The molecule has 0 fully saturated rings. The number of pyridine rings is 1. The van der Waals surface area contributed by atoms with Gasteiger partial charge in [-0.15, -0.1) is 0 Å². The summed E-state index contributed by atoms with van der Waals surface area (Å²) in [6.07, 6.45) is 0. The predicted molar refractivity (Wildman–Crippen MR) is 92.4 cm³/mol. The molecule has 0 unspecified atom stereocenters. The van der Waals surface area contributed by atoms with Gasteiger partial charge >= 0.3 is 5.97 Å². The van der Waals surface area contributed by atoms with Gasteiger partial charge in [0.05, 0.1) is 23.6 Å². The van der Waals surface area contributed by atoms with Crippen molar-refractivity contribution in [3.63, 3.8) is 0 Å². The molecule has 2 N–H and O–H groups in total. The Hall–Kier alpha value is -2.93. The molecule has 1 heterocycles. The fourth-order valence-corrected chi connectivity index (χ4v) is 2.19. The van der Waals surface area contributed by atoms with E-state index in [0.717, 1.165) is 5.56 Å². The standard InChI is InChI=1S/C18H20N2O5/c1-11-4-6-14(16(10-11)25-9-8-24-3)20-17(21)15-7-5-13(18(22)23)12(2)19-15/h4-7,10H,8-9H2,1-3H3,(H,20,21)(H,22,23). The topological polar surface area (TPSA) is 97.8 Å². The van der Waals surface area contributed by atoms with E-state index in [4.69, 9.17) is 14.6 Å². The predicted octanol–water partition coefficient (Wildman–Crippen LogP) is 2.67. The van der Waals surface area contributed by atoms with Crippen molar-refractivity contribution in [3.05, 3.63) is 52.8 Å². The van der Waals surface area contributed by atoms with Gasteiger partial charge in [0.1, 0.15) is 18.1 Å². The highest BCUT2D eigenvalue weighted by atomic mass is 16.5. The van der Waals surface area contributed by atoms with Gasteiger partial charge < -0.3 is 19.9 Å². The monoisotopic (exact) mass is 344 g/mol. The lowest BCUT2D eigenvalue weighted by Crippen LogP contribution is -2.16. The summed E-state index contributed by atoms with van der Waals surface area (Å²) < 4.78 is 10.6. The number of benzene rings is 1. The molecule has 0 bridgehead atoms. The van der Waals surface area contributed by atoms with Crippen LogP contribution in [-0.4, -0.2) is 42.3 Å². The summed E-state index contributed by atoms with van der Waals surface area (Å²) in [5, 5.41) is 11.8. The van der Waals surface area contributed by atoms with E-state index >= 15 is 0 Å². The average molecular weight is 344 g/mol. The molecule has 132 valence electrons.